The van der Waals surface area contributed by atoms with Gasteiger partial charge in [-0.15, -0.1) is 0 Å². The molecule has 0 aliphatic heterocycles. The van der Waals surface area contributed by atoms with Crippen molar-refractivity contribution in [3.05, 3.63) is 28.7 Å². The summed E-state index contributed by atoms with van der Waals surface area (Å²) in [4.78, 5) is 21.3. The Morgan fingerprint density at radius 1 is 1.57 bits per heavy atom. The van der Waals surface area contributed by atoms with Crippen LogP contribution in [0, 0.1) is 0 Å². The highest BCUT2D eigenvalue weighted by Gasteiger charge is 2.02. The molecule has 1 aromatic heterocycles. The van der Waals surface area contributed by atoms with Crippen molar-refractivity contribution < 1.29 is 9.90 Å². The van der Waals surface area contributed by atoms with Crippen LogP contribution in [0.3, 0.4) is 0 Å². The Morgan fingerprint density at radius 2 is 2.14 bits per heavy atom. The zero-order valence-electron chi connectivity index (χ0n) is 8.23. The number of hydrogen-bond donors (Lipinski definition) is 2. The van der Waals surface area contributed by atoms with Gasteiger partial charge in [0, 0.05) is 6.20 Å². The first-order valence-corrected chi connectivity index (χ1v) is 4.28. The highest BCUT2D eigenvalue weighted by molar-refractivity contribution is 5.66. The van der Waals surface area contributed by atoms with Crippen molar-refractivity contribution in [2.45, 2.75) is 20.4 Å². The largest absolute Gasteiger partial charge is 0.480 e. The molecule has 1 heterocycles. The van der Waals surface area contributed by atoms with Crippen LogP contribution in [0.1, 0.15) is 13.8 Å². The van der Waals surface area contributed by atoms with E-state index < -0.39 is 11.5 Å². The lowest BCUT2D eigenvalue weighted by molar-refractivity contribution is -0.137. The summed E-state index contributed by atoms with van der Waals surface area (Å²) < 4.78 is 1.04. The summed E-state index contributed by atoms with van der Waals surface area (Å²) in [6, 6.07) is 2.96. The van der Waals surface area contributed by atoms with Crippen molar-refractivity contribution in [1.82, 2.24) is 4.57 Å². The Hall–Kier alpha value is -1.78. The first kappa shape index (κ1) is 12.2. The monoisotopic (exact) mass is 198 g/mol. The Morgan fingerprint density at radius 3 is 2.64 bits per heavy atom. The van der Waals surface area contributed by atoms with Crippen LogP contribution < -0.4 is 11.3 Å². The lowest BCUT2D eigenvalue weighted by Gasteiger charge is -2.01. The molecule has 0 saturated carbocycles. The number of aromatic nitrogens is 1. The van der Waals surface area contributed by atoms with Gasteiger partial charge in [0.25, 0.3) is 5.56 Å². The minimum Gasteiger partial charge on any atom is -0.480 e. The molecule has 0 spiro atoms. The quantitative estimate of drug-likeness (QED) is 0.726. The zero-order valence-corrected chi connectivity index (χ0v) is 8.23. The predicted octanol–water partition coefficient (Wildman–Crippen LogP) is 0.541. The second kappa shape index (κ2) is 5.80. The number of anilines is 1. The summed E-state index contributed by atoms with van der Waals surface area (Å²) in [6.07, 6.45) is 1.38. The van der Waals surface area contributed by atoms with E-state index in [-0.39, 0.29) is 12.2 Å². The van der Waals surface area contributed by atoms with Crippen LogP contribution in [0.25, 0.3) is 0 Å². The molecule has 0 bridgehead atoms. The summed E-state index contributed by atoms with van der Waals surface area (Å²) in [7, 11) is 0. The second-order valence-electron chi connectivity index (χ2n) is 2.29. The number of carboxylic acids is 1. The van der Waals surface area contributed by atoms with Crippen molar-refractivity contribution in [3.8, 4) is 0 Å². The summed E-state index contributed by atoms with van der Waals surface area (Å²) in [5.41, 5.74) is 4.85. The number of carboxylic acid groups (broad SMARTS) is 1. The number of nitrogens with two attached hydrogens (primary N) is 1. The van der Waals surface area contributed by atoms with Gasteiger partial charge in [-0.2, -0.15) is 0 Å². The fraction of sp³-hybridized carbons (Fsp3) is 0.333. The van der Waals surface area contributed by atoms with Gasteiger partial charge < -0.3 is 15.4 Å². The number of aliphatic carboxylic acids is 1. The third-order valence-corrected chi connectivity index (χ3v) is 1.36. The average Bonchev–Trinajstić information content (AvgIpc) is 2.16. The van der Waals surface area contributed by atoms with Gasteiger partial charge in [-0.3, -0.25) is 9.59 Å². The minimum atomic E-state index is -1.07. The van der Waals surface area contributed by atoms with E-state index in [0.29, 0.717) is 0 Å². The van der Waals surface area contributed by atoms with Crippen LogP contribution in [0.15, 0.2) is 23.1 Å². The first-order chi connectivity index (χ1) is 6.61. The smallest absolute Gasteiger partial charge is 0.323 e. The highest BCUT2D eigenvalue weighted by atomic mass is 16.4. The molecule has 5 heteroatoms. The molecule has 0 saturated heterocycles. The second-order valence-corrected chi connectivity index (χ2v) is 2.29. The Balaban J connectivity index is 0.000000791. The van der Waals surface area contributed by atoms with Crippen LogP contribution in [-0.4, -0.2) is 15.6 Å². The molecular weight excluding hydrogens is 184 g/mol. The molecule has 0 unspecified atom stereocenters. The van der Waals surface area contributed by atoms with Gasteiger partial charge in [0.05, 0.1) is 5.69 Å². The fourth-order valence-corrected chi connectivity index (χ4v) is 0.826. The van der Waals surface area contributed by atoms with E-state index in [9.17, 15) is 9.59 Å². The van der Waals surface area contributed by atoms with Crippen molar-refractivity contribution >= 4 is 11.7 Å². The highest BCUT2D eigenvalue weighted by Crippen LogP contribution is 1.91. The van der Waals surface area contributed by atoms with Crippen molar-refractivity contribution in [2.75, 3.05) is 5.73 Å². The van der Waals surface area contributed by atoms with Crippen LogP contribution >= 0.6 is 0 Å². The van der Waals surface area contributed by atoms with Gasteiger partial charge in [0.1, 0.15) is 6.54 Å². The van der Waals surface area contributed by atoms with Crippen molar-refractivity contribution in [2.24, 2.45) is 0 Å². The van der Waals surface area contributed by atoms with Crippen molar-refractivity contribution in [3.63, 3.8) is 0 Å². The van der Waals surface area contributed by atoms with E-state index in [1.54, 1.807) is 0 Å². The first-order valence-electron chi connectivity index (χ1n) is 4.28. The third kappa shape index (κ3) is 3.30. The Kier molecular flexibility index (Phi) is 5.06. The molecule has 3 N–H and O–H groups in total. The molecule has 1 rings (SSSR count). The SMILES string of the molecule is CC.Nc1cccn(CC(=O)O)c1=O. The van der Waals surface area contributed by atoms with Gasteiger partial charge in [-0.25, -0.2) is 0 Å². The topological polar surface area (TPSA) is 85.3 Å². The maximum absolute atomic E-state index is 11.1. The summed E-state index contributed by atoms with van der Waals surface area (Å²) in [6.45, 7) is 3.64. The molecule has 0 atom stereocenters. The molecule has 1 aromatic rings. The number of rotatable bonds is 2. The molecular formula is C9H14N2O3. The Labute approximate surface area is 81.8 Å². The normalized spacial score (nSPS) is 8.71. The summed E-state index contributed by atoms with van der Waals surface area (Å²) >= 11 is 0. The van der Waals surface area contributed by atoms with E-state index in [1.165, 1.54) is 18.3 Å². The van der Waals surface area contributed by atoms with E-state index in [4.69, 9.17) is 10.8 Å². The number of pyridine rings is 1. The molecule has 14 heavy (non-hydrogen) atoms. The minimum absolute atomic E-state index is 0.0544. The average molecular weight is 198 g/mol. The zero-order chi connectivity index (χ0) is 11.1. The molecule has 0 fully saturated rings. The van der Waals surface area contributed by atoms with Crippen LogP contribution in [0.2, 0.25) is 0 Å². The molecule has 0 amide bonds. The molecule has 5 nitrogen and oxygen atoms in total. The summed E-state index contributed by atoms with van der Waals surface area (Å²) in [5.74, 6) is -1.07. The molecule has 78 valence electrons. The van der Waals surface area contributed by atoms with Gasteiger partial charge in [-0.1, -0.05) is 13.8 Å². The van der Waals surface area contributed by atoms with Gasteiger partial charge in [0.2, 0.25) is 0 Å². The number of nitrogen functional groups attached to an aromatic ring is 1. The van der Waals surface area contributed by atoms with E-state index >= 15 is 0 Å². The van der Waals surface area contributed by atoms with Crippen LogP contribution in [0.4, 0.5) is 5.69 Å². The molecule has 0 radical (unpaired) electrons. The van der Waals surface area contributed by atoms with Crippen molar-refractivity contribution in [1.29, 1.82) is 0 Å². The standard InChI is InChI=1S/C7H8N2O3.C2H6/c8-5-2-1-3-9(7(5)12)4-6(10)11;1-2/h1-3H,4,8H2,(H,10,11);1-2H3. The third-order valence-electron chi connectivity index (χ3n) is 1.36. The maximum atomic E-state index is 11.1. The van der Waals surface area contributed by atoms with Crippen LogP contribution in [0.5, 0.6) is 0 Å². The number of carbonyl (C=O) groups is 1. The maximum Gasteiger partial charge on any atom is 0.323 e. The van der Waals surface area contributed by atoms with Crippen LogP contribution in [-0.2, 0) is 11.3 Å². The van der Waals surface area contributed by atoms with Gasteiger partial charge in [-0.05, 0) is 12.1 Å². The predicted molar refractivity (Wildman–Crippen MR) is 54.1 cm³/mol. The lowest BCUT2D eigenvalue weighted by Crippen LogP contribution is -2.25. The number of hydrogen-bond acceptors (Lipinski definition) is 3. The fourth-order valence-electron chi connectivity index (χ4n) is 0.826. The van der Waals surface area contributed by atoms with Gasteiger partial charge >= 0.3 is 5.97 Å². The Bertz CT molecular complexity index is 357. The van der Waals surface area contributed by atoms with E-state index in [2.05, 4.69) is 0 Å². The van der Waals surface area contributed by atoms with E-state index in [0.717, 1.165) is 4.57 Å². The molecule has 0 aliphatic rings. The molecule has 0 aromatic carbocycles. The lowest BCUT2D eigenvalue weighted by atomic mass is 10.4. The van der Waals surface area contributed by atoms with E-state index in [1.807, 2.05) is 13.8 Å². The van der Waals surface area contributed by atoms with Gasteiger partial charge in [0.15, 0.2) is 0 Å². The summed E-state index contributed by atoms with van der Waals surface area (Å²) in [5, 5.41) is 8.38. The molecule has 0 aliphatic carbocycles. The number of nitrogens with zero attached hydrogens (tertiary/aromatic N) is 1.